The highest BCUT2D eigenvalue weighted by Crippen LogP contribution is 2.25. The number of hydrogen-bond donors (Lipinski definition) is 1. The number of carbonyl (C=O) groups excluding carboxylic acids is 1. The number of benzene rings is 2. The van der Waals surface area contributed by atoms with Gasteiger partial charge < -0.3 is 5.11 Å². The molecule has 0 radical (unpaired) electrons. The summed E-state index contributed by atoms with van der Waals surface area (Å²) >= 11 is 0. The molecule has 0 saturated carbocycles. The Morgan fingerprint density at radius 3 is 2.58 bits per heavy atom. The van der Waals surface area contributed by atoms with Crippen molar-refractivity contribution in [1.82, 2.24) is 0 Å². The Balaban J connectivity index is 2.22. The molecule has 2 aromatic rings. The van der Waals surface area contributed by atoms with E-state index in [4.69, 9.17) is 0 Å². The number of rotatable bonds is 0. The van der Waals surface area contributed by atoms with Gasteiger partial charge in [-0.15, -0.1) is 0 Å². The Morgan fingerprint density at radius 2 is 1.68 bits per heavy atom. The van der Waals surface area contributed by atoms with Crippen molar-refractivity contribution in [1.29, 1.82) is 0 Å². The van der Waals surface area contributed by atoms with Crippen LogP contribution in [0.1, 0.15) is 11.1 Å². The van der Waals surface area contributed by atoms with E-state index in [1.807, 2.05) is 36.4 Å². The van der Waals surface area contributed by atoms with E-state index in [1.54, 1.807) is 6.08 Å². The van der Waals surface area contributed by atoms with Crippen molar-refractivity contribution >= 4 is 23.7 Å². The van der Waals surface area contributed by atoms with E-state index in [-0.39, 0.29) is 11.5 Å². The molecule has 90 valence electrons. The van der Waals surface area contributed by atoms with Crippen LogP contribution in [-0.4, -0.2) is 10.9 Å². The number of ketones is 1. The van der Waals surface area contributed by atoms with Crippen LogP contribution in [0.15, 0.2) is 42.5 Å². The van der Waals surface area contributed by atoms with Gasteiger partial charge in [0.05, 0.1) is 0 Å². The van der Waals surface area contributed by atoms with Gasteiger partial charge in [-0.2, -0.15) is 0 Å². The standard InChI is InChI=1S/C17H10O2/c18-15-8-6-10-5-7-13-12-4-2-1-3-11(12)9-14(13)16(10)17(15)19/h1-9,19H. The van der Waals surface area contributed by atoms with Crippen LogP contribution < -0.4 is 10.4 Å². The van der Waals surface area contributed by atoms with Crippen LogP contribution >= 0.6 is 0 Å². The summed E-state index contributed by atoms with van der Waals surface area (Å²) < 4.78 is 0. The van der Waals surface area contributed by atoms with Gasteiger partial charge in [-0.3, -0.25) is 4.79 Å². The van der Waals surface area contributed by atoms with Crippen molar-refractivity contribution in [2.24, 2.45) is 0 Å². The summed E-state index contributed by atoms with van der Waals surface area (Å²) in [7, 11) is 0. The highest BCUT2D eigenvalue weighted by atomic mass is 16.3. The van der Waals surface area contributed by atoms with Crippen molar-refractivity contribution in [2.75, 3.05) is 0 Å². The quantitative estimate of drug-likeness (QED) is 0.656. The van der Waals surface area contributed by atoms with Crippen molar-refractivity contribution in [3.63, 3.8) is 0 Å². The maximum atomic E-state index is 11.6. The van der Waals surface area contributed by atoms with Crippen LogP contribution in [0.4, 0.5) is 0 Å². The summed E-state index contributed by atoms with van der Waals surface area (Å²) in [4.78, 5) is 11.6. The summed E-state index contributed by atoms with van der Waals surface area (Å²) in [5.74, 6) is -0.483. The van der Waals surface area contributed by atoms with E-state index in [9.17, 15) is 9.90 Å². The molecular formula is C17H10O2. The first kappa shape index (κ1) is 10.3. The largest absolute Gasteiger partial charge is 0.504 e. The topological polar surface area (TPSA) is 37.3 Å². The van der Waals surface area contributed by atoms with Crippen molar-refractivity contribution in [3.05, 3.63) is 64.0 Å². The van der Waals surface area contributed by atoms with Crippen molar-refractivity contribution in [2.45, 2.75) is 0 Å². The Hall–Kier alpha value is -2.61. The average molecular weight is 246 g/mol. The highest BCUT2D eigenvalue weighted by molar-refractivity contribution is 6.21. The van der Waals surface area contributed by atoms with E-state index in [1.165, 1.54) is 6.08 Å². The first-order valence-electron chi connectivity index (χ1n) is 6.15. The highest BCUT2D eigenvalue weighted by Gasteiger charge is 2.18. The van der Waals surface area contributed by atoms with Crippen LogP contribution in [0.2, 0.25) is 0 Å². The third-order valence-electron chi connectivity index (χ3n) is 3.71. The van der Waals surface area contributed by atoms with E-state index in [0.29, 0.717) is 5.22 Å². The molecule has 2 aliphatic carbocycles. The molecule has 0 saturated heterocycles. The van der Waals surface area contributed by atoms with Gasteiger partial charge in [-0.05, 0) is 39.6 Å². The second kappa shape index (κ2) is 3.45. The molecule has 19 heavy (non-hydrogen) atoms. The summed E-state index contributed by atoms with van der Waals surface area (Å²) in [6.07, 6.45) is 5.20. The van der Waals surface area contributed by atoms with Gasteiger partial charge in [-0.1, -0.05) is 42.5 Å². The molecule has 0 heterocycles. The number of fused-ring (bicyclic) bond motifs is 5. The molecule has 0 spiro atoms. The first-order chi connectivity index (χ1) is 9.25. The molecule has 2 aromatic carbocycles. The number of hydrogen-bond acceptors (Lipinski definition) is 2. The summed E-state index contributed by atoms with van der Waals surface area (Å²) in [5.41, 5.74) is 4.24. The Bertz CT molecular complexity index is 886. The maximum Gasteiger partial charge on any atom is 0.220 e. The number of aliphatic hydroxyl groups excluding tert-OH is 1. The molecule has 0 aliphatic heterocycles. The van der Waals surface area contributed by atoms with Crippen LogP contribution in [0.5, 0.6) is 0 Å². The van der Waals surface area contributed by atoms with E-state index in [2.05, 4.69) is 6.07 Å². The van der Waals surface area contributed by atoms with E-state index in [0.717, 1.165) is 27.5 Å². The predicted octanol–water partition coefficient (Wildman–Crippen LogP) is 1.76. The fourth-order valence-electron chi connectivity index (χ4n) is 2.82. The third-order valence-corrected chi connectivity index (χ3v) is 3.71. The lowest BCUT2D eigenvalue weighted by Gasteiger charge is -2.07. The second-order valence-corrected chi connectivity index (χ2v) is 4.77. The van der Waals surface area contributed by atoms with Gasteiger partial charge in [0.2, 0.25) is 5.78 Å². The number of aliphatic hydroxyl groups is 1. The molecule has 0 aromatic heterocycles. The zero-order chi connectivity index (χ0) is 13.0. The molecule has 0 bridgehead atoms. The summed E-state index contributed by atoms with van der Waals surface area (Å²) in [6.45, 7) is 0. The summed E-state index contributed by atoms with van der Waals surface area (Å²) in [5, 5.41) is 11.7. The van der Waals surface area contributed by atoms with Crippen LogP contribution in [-0.2, 0) is 4.79 Å². The SMILES string of the molecule is O=C1C=Cc2ccc3c(c2=C1O)=Cc1ccccc1-3. The van der Waals surface area contributed by atoms with Gasteiger partial charge in [-0.25, -0.2) is 0 Å². The smallest absolute Gasteiger partial charge is 0.220 e. The Morgan fingerprint density at radius 1 is 0.842 bits per heavy atom. The van der Waals surface area contributed by atoms with Gasteiger partial charge in [0, 0.05) is 5.22 Å². The molecule has 1 N–H and O–H groups in total. The second-order valence-electron chi connectivity index (χ2n) is 4.77. The lowest BCUT2D eigenvalue weighted by atomic mass is 9.98. The zero-order valence-corrected chi connectivity index (χ0v) is 10.1. The molecule has 0 amide bonds. The van der Waals surface area contributed by atoms with Crippen molar-refractivity contribution in [3.8, 4) is 11.1 Å². The van der Waals surface area contributed by atoms with Gasteiger partial charge in [0.25, 0.3) is 0 Å². The van der Waals surface area contributed by atoms with Crippen molar-refractivity contribution < 1.29 is 9.90 Å². The van der Waals surface area contributed by atoms with E-state index >= 15 is 0 Å². The Labute approximate surface area is 109 Å². The zero-order valence-electron chi connectivity index (χ0n) is 10.1. The predicted molar refractivity (Wildman–Crippen MR) is 74.8 cm³/mol. The normalized spacial score (nSPS) is 14.7. The van der Waals surface area contributed by atoms with Gasteiger partial charge in [0.1, 0.15) is 0 Å². The monoisotopic (exact) mass is 246 g/mol. The average Bonchev–Trinajstić information content (AvgIpc) is 2.81. The molecular weight excluding hydrogens is 236 g/mol. The fourth-order valence-corrected chi connectivity index (χ4v) is 2.82. The van der Waals surface area contributed by atoms with Crippen LogP contribution in [0, 0.1) is 0 Å². The molecule has 4 rings (SSSR count). The van der Waals surface area contributed by atoms with Crippen LogP contribution in [0.3, 0.4) is 0 Å². The van der Waals surface area contributed by atoms with Gasteiger partial charge in [0.15, 0.2) is 5.76 Å². The molecule has 0 fully saturated rings. The maximum absolute atomic E-state index is 11.6. The molecule has 2 nitrogen and oxygen atoms in total. The molecule has 2 heteroatoms. The minimum absolute atomic E-state index is 0.154. The fraction of sp³-hybridized carbons (Fsp3) is 0. The number of carbonyl (C=O) groups is 1. The molecule has 2 aliphatic rings. The summed E-state index contributed by atoms with van der Waals surface area (Å²) in [6, 6.07) is 12.1. The lowest BCUT2D eigenvalue weighted by Crippen LogP contribution is -2.33. The Kier molecular flexibility index (Phi) is 1.88. The molecule has 0 unspecified atom stereocenters. The van der Waals surface area contributed by atoms with Gasteiger partial charge >= 0.3 is 0 Å². The minimum atomic E-state index is -0.328. The lowest BCUT2D eigenvalue weighted by molar-refractivity contribution is -0.111. The minimum Gasteiger partial charge on any atom is -0.504 e. The van der Waals surface area contributed by atoms with Crippen LogP contribution in [0.25, 0.3) is 29.0 Å². The first-order valence-corrected chi connectivity index (χ1v) is 6.15. The van der Waals surface area contributed by atoms with E-state index < -0.39 is 0 Å². The third kappa shape index (κ3) is 1.28. The molecule has 0 atom stereocenters.